The van der Waals surface area contributed by atoms with E-state index in [4.69, 9.17) is 19.3 Å². The summed E-state index contributed by atoms with van der Waals surface area (Å²) in [6, 6.07) is 0. The van der Waals surface area contributed by atoms with E-state index in [-0.39, 0.29) is 33.0 Å². The van der Waals surface area contributed by atoms with E-state index in [1.807, 2.05) is 0 Å². The monoisotopic (exact) mass is 446 g/mol. The fourth-order valence-corrected chi connectivity index (χ4v) is 3.60. The molecule has 0 radical (unpaired) electrons. The van der Waals surface area contributed by atoms with Crippen LogP contribution in [0.1, 0.15) is 104 Å². The minimum Gasteiger partial charge on any atom is -0.480 e. The van der Waals surface area contributed by atoms with Gasteiger partial charge < -0.3 is 24.4 Å². The molecule has 7 nitrogen and oxygen atoms in total. The zero-order valence-corrected chi connectivity index (χ0v) is 19.9. The number of unbranched alkanes of at least 4 members (excludes halogenated alkanes) is 10. The lowest BCUT2D eigenvalue weighted by Crippen LogP contribution is -2.42. The lowest BCUT2D eigenvalue weighted by molar-refractivity contribution is -0.171. The first-order chi connectivity index (χ1) is 15.0. The average molecular weight is 447 g/mol. The van der Waals surface area contributed by atoms with Crippen LogP contribution in [0.15, 0.2) is 0 Å². The maximum Gasteiger partial charge on any atom is 0.335 e. The van der Waals surface area contributed by atoms with Gasteiger partial charge in [0.1, 0.15) is 6.61 Å². The minimum atomic E-state index is -1.14. The lowest BCUT2D eigenvalue weighted by Gasteiger charge is -2.30. The topological polar surface area (TPSA) is 102 Å². The third-order valence-electron chi connectivity index (χ3n) is 5.46. The number of ether oxygens (including phenoxy) is 3. The molecule has 0 spiro atoms. The molecule has 31 heavy (non-hydrogen) atoms. The number of carbonyl (C=O) groups is 2. The molecule has 0 fully saturated rings. The molecule has 0 aliphatic heterocycles. The van der Waals surface area contributed by atoms with E-state index in [1.54, 1.807) is 0 Å². The third kappa shape index (κ3) is 17.1. The summed E-state index contributed by atoms with van der Waals surface area (Å²) in [4.78, 5) is 22.6. The first-order valence-electron chi connectivity index (χ1n) is 12.2. The molecule has 0 rings (SSSR count). The summed E-state index contributed by atoms with van der Waals surface area (Å²) < 4.78 is 16.2. The molecule has 0 aromatic heterocycles. The Morgan fingerprint density at radius 2 is 1.10 bits per heavy atom. The van der Waals surface area contributed by atoms with E-state index in [1.165, 1.54) is 38.5 Å². The van der Waals surface area contributed by atoms with Crippen LogP contribution in [0, 0.1) is 0 Å². The molecule has 0 heterocycles. The van der Waals surface area contributed by atoms with Gasteiger partial charge in [-0.25, -0.2) is 9.59 Å². The highest BCUT2D eigenvalue weighted by molar-refractivity contribution is 5.77. The van der Waals surface area contributed by atoms with Gasteiger partial charge in [-0.15, -0.1) is 0 Å². The number of hydrogen-bond donors (Lipinski definition) is 2. The quantitative estimate of drug-likeness (QED) is 0.190. The van der Waals surface area contributed by atoms with Gasteiger partial charge in [0.25, 0.3) is 0 Å². The Morgan fingerprint density at radius 3 is 1.58 bits per heavy atom. The van der Waals surface area contributed by atoms with E-state index >= 15 is 0 Å². The van der Waals surface area contributed by atoms with Crippen LogP contribution in [0.4, 0.5) is 0 Å². The Bertz CT molecular complexity index is 424. The minimum absolute atomic E-state index is 0.186. The van der Waals surface area contributed by atoms with Gasteiger partial charge in [-0.3, -0.25) is 0 Å². The standard InChI is InChI=1S/C24H46O7/c1-3-5-7-9-11-13-15-24(23(27)28,16-14-12-10-8-6-4-2)31-20-19-29-17-18-30-21-22(25)26/h3-21H2,1-2H3,(H,25,26)(H,27,28). The second-order valence-electron chi connectivity index (χ2n) is 8.24. The van der Waals surface area contributed by atoms with E-state index in [0.717, 1.165) is 38.5 Å². The SMILES string of the molecule is CCCCCCCCC(CCCCCCCC)(OCCOCCOCC(=O)O)C(=O)O. The average Bonchev–Trinajstić information content (AvgIpc) is 2.73. The second-order valence-corrected chi connectivity index (χ2v) is 8.24. The van der Waals surface area contributed by atoms with Crippen molar-refractivity contribution >= 4 is 11.9 Å². The zero-order valence-electron chi connectivity index (χ0n) is 19.9. The molecule has 0 aliphatic rings. The van der Waals surface area contributed by atoms with E-state index in [0.29, 0.717) is 12.8 Å². The Morgan fingerprint density at radius 1 is 0.645 bits per heavy atom. The summed E-state index contributed by atoms with van der Waals surface area (Å²) in [5.74, 6) is -1.89. The lowest BCUT2D eigenvalue weighted by atomic mass is 9.89. The summed E-state index contributed by atoms with van der Waals surface area (Å²) >= 11 is 0. The molecule has 2 N–H and O–H groups in total. The zero-order chi connectivity index (χ0) is 23.2. The van der Waals surface area contributed by atoms with Gasteiger partial charge in [0.2, 0.25) is 0 Å². The molecular weight excluding hydrogens is 400 g/mol. The van der Waals surface area contributed by atoms with Crippen molar-refractivity contribution in [3.05, 3.63) is 0 Å². The number of rotatable bonds is 24. The maximum atomic E-state index is 12.2. The summed E-state index contributed by atoms with van der Waals surface area (Å²) in [7, 11) is 0. The predicted molar refractivity (Wildman–Crippen MR) is 122 cm³/mol. The van der Waals surface area contributed by atoms with Crippen molar-refractivity contribution in [1.29, 1.82) is 0 Å². The van der Waals surface area contributed by atoms with Gasteiger partial charge >= 0.3 is 11.9 Å². The van der Waals surface area contributed by atoms with E-state index in [2.05, 4.69) is 13.8 Å². The molecule has 7 heteroatoms. The van der Waals surface area contributed by atoms with E-state index < -0.39 is 17.5 Å². The number of carboxylic acids is 2. The van der Waals surface area contributed by atoms with Gasteiger partial charge in [0, 0.05) is 0 Å². The number of hydrogen-bond acceptors (Lipinski definition) is 5. The summed E-state index contributed by atoms with van der Waals surface area (Å²) in [5.41, 5.74) is -1.14. The van der Waals surface area contributed by atoms with Crippen molar-refractivity contribution < 1.29 is 34.0 Å². The fourth-order valence-electron chi connectivity index (χ4n) is 3.60. The van der Waals surface area contributed by atoms with Gasteiger partial charge in [0.15, 0.2) is 5.60 Å². The molecule has 184 valence electrons. The Hall–Kier alpha value is -1.18. The van der Waals surface area contributed by atoms with Gasteiger partial charge in [-0.1, -0.05) is 78.1 Å². The number of carboxylic acid groups (broad SMARTS) is 2. The fraction of sp³-hybridized carbons (Fsp3) is 0.917. The molecule has 0 aromatic rings. The Balaban J connectivity index is 4.44. The molecule has 0 aliphatic carbocycles. The van der Waals surface area contributed by atoms with Crippen LogP contribution in [0.2, 0.25) is 0 Å². The van der Waals surface area contributed by atoms with Gasteiger partial charge in [-0.2, -0.15) is 0 Å². The van der Waals surface area contributed by atoms with Crippen molar-refractivity contribution in [3.8, 4) is 0 Å². The third-order valence-corrected chi connectivity index (χ3v) is 5.46. The number of aliphatic carboxylic acids is 2. The van der Waals surface area contributed by atoms with Crippen LogP contribution in [0.25, 0.3) is 0 Å². The van der Waals surface area contributed by atoms with Crippen molar-refractivity contribution in [2.75, 3.05) is 33.0 Å². The van der Waals surface area contributed by atoms with Crippen molar-refractivity contribution in [1.82, 2.24) is 0 Å². The highest BCUT2D eigenvalue weighted by Gasteiger charge is 2.38. The summed E-state index contributed by atoms with van der Waals surface area (Å²) in [6.45, 7) is 4.93. The predicted octanol–water partition coefficient (Wildman–Crippen LogP) is 5.45. The summed E-state index contributed by atoms with van der Waals surface area (Å²) in [6.07, 6.45) is 14.4. The van der Waals surface area contributed by atoms with Crippen LogP contribution < -0.4 is 0 Å². The van der Waals surface area contributed by atoms with Crippen LogP contribution in [-0.4, -0.2) is 60.8 Å². The van der Waals surface area contributed by atoms with Crippen molar-refractivity contribution in [3.63, 3.8) is 0 Å². The van der Waals surface area contributed by atoms with Crippen LogP contribution in [-0.2, 0) is 23.8 Å². The van der Waals surface area contributed by atoms with Crippen molar-refractivity contribution in [2.45, 2.75) is 109 Å². The first-order valence-corrected chi connectivity index (χ1v) is 12.2. The molecule has 0 aromatic carbocycles. The molecule has 0 atom stereocenters. The molecular formula is C24H46O7. The van der Waals surface area contributed by atoms with Crippen LogP contribution in [0.3, 0.4) is 0 Å². The van der Waals surface area contributed by atoms with E-state index in [9.17, 15) is 14.7 Å². The van der Waals surface area contributed by atoms with Crippen LogP contribution >= 0.6 is 0 Å². The van der Waals surface area contributed by atoms with Gasteiger partial charge in [-0.05, 0) is 25.7 Å². The largest absolute Gasteiger partial charge is 0.480 e. The highest BCUT2D eigenvalue weighted by Crippen LogP contribution is 2.28. The first kappa shape index (κ1) is 29.8. The highest BCUT2D eigenvalue weighted by atomic mass is 16.6. The molecule has 0 saturated heterocycles. The smallest absolute Gasteiger partial charge is 0.335 e. The van der Waals surface area contributed by atoms with Crippen molar-refractivity contribution in [2.24, 2.45) is 0 Å². The van der Waals surface area contributed by atoms with Crippen LogP contribution in [0.5, 0.6) is 0 Å². The molecule has 0 bridgehead atoms. The maximum absolute atomic E-state index is 12.2. The molecule has 0 amide bonds. The second kappa shape index (κ2) is 20.7. The van der Waals surface area contributed by atoms with Gasteiger partial charge in [0.05, 0.1) is 26.4 Å². The normalized spacial score (nSPS) is 11.7. The molecule has 0 unspecified atom stereocenters. The Labute approximate surface area is 188 Å². The summed E-state index contributed by atoms with van der Waals surface area (Å²) in [5, 5.41) is 18.5. The molecule has 0 saturated carbocycles. The Kier molecular flexibility index (Phi) is 19.9.